The fourth-order valence-corrected chi connectivity index (χ4v) is 1.25. The quantitative estimate of drug-likeness (QED) is 0.862. The van der Waals surface area contributed by atoms with E-state index in [0.29, 0.717) is 0 Å². The summed E-state index contributed by atoms with van der Waals surface area (Å²) in [7, 11) is 1.60. The van der Waals surface area contributed by atoms with E-state index in [1.54, 1.807) is 31.4 Å². The van der Waals surface area contributed by atoms with Crippen molar-refractivity contribution in [2.75, 3.05) is 12.4 Å². The molecule has 1 aromatic carbocycles. The fourth-order valence-electron chi connectivity index (χ4n) is 1.25. The van der Waals surface area contributed by atoms with Gasteiger partial charge in [-0.2, -0.15) is 0 Å². The van der Waals surface area contributed by atoms with Crippen LogP contribution in [0.5, 0.6) is 5.75 Å². The molecule has 0 spiro atoms. The lowest BCUT2D eigenvalue weighted by Crippen LogP contribution is -2.53. The zero-order valence-electron chi connectivity index (χ0n) is 11.7. The minimum Gasteiger partial charge on any atom is -0.497 e. The molecule has 0 bridgehead atoms. The first kappa shape index (κ1) is 14.5. The summed E-state index contributed by atoms with van der Waals surface area (Å²) >= 11 is 0. The number of carbonyl (C=O) groups is 1. The van der Waals surface area contributed by atoms with Crippen molar-refractivity contribution in [3.8, 4) is 5.75 Å². The van der Waals surface area contributed by atoms with Crippen LogP contribution in [0.3, 0.4) is 0 Å². The maximum atomic E-state index is 12.2. The summed E-state index contributed by atoms with van der Waals surface area (Å²) in [4.78, 5) is 12.2. The van der Waals surface area contributed by atoms with Crippen LogP contribution < -0.4 is 15.8 Å². The molecule has 1 rings (SSSR count). The van der Waals surface area contributed by atoms with E-state index >= 15 is 0 Å². The smallest absolute Gasteiger partial charge is 0.231 e. The van der Waals surface area contributed by atoms with Crippen molar-refractivity contribution < 1.29 is 9.53 Å². The van der Waals surface area contributed by atoms with Gasteiger partial charge in [0.05, 0.1) is 12.5 Å². The summed E-state index contributed by atoms with van der Waals surface area (Å²) in [6, 6.07) is 7.21. The zero-order valence-corrected chi connectivity index (χ0v) is 11.7. The van der Waals surface area contributed by atoms with Crippen molar-refractivity contribution in [1.82, 2.24) is 0 Å². The van der Waals surface area contributed by atoms with E-state index in [2.05, 4.69) is 5.32 Å². The lowest BCUT2D eigenvalue weighted by atomic mass is 9.74. The highest BCUT2D eigenvalue weighted by molar-refractivity contribution is 5.95. The summed E-state index contributed by atoms with van der Waals surface area (Å²) in [6.45, 7) is 7.37. The normalized spacial score (nSPS) is 12.1. The van der Waals surface area contributed by atoms with Gasteiger partial charge in [-0.25, -0.2) is 0 Å². The number of carbonyl (C=O) groups excluding carboxylic acids is 1. The number of ether oxygens (including phenoxy) is 1. The van der Waals surface area contributed by atoms with Gasteiger partial charge in [-0.3, -0.25) is 4.79 Å². The molecule has 18 heavy (non-hydrogen) atoms. The van der Waals surface area contributed by atoms with Crippen LogP contribution >= 0.6 is 0 Å². The van der Waals surface area contributed by atoms with Crippen LogP contribution in [0.25, 0.3) is 0 Å². The van der Waals surface area contributed by atoms with E-state index in [1.807, 2.05) is 27.7 Å². The van der Waals surface area contributed by atoms with E-state index in [1.165, 1.54) is 0 Å². The number of nitrogens with two attached hydrogens (primary N) is 1. The average molecular weight is 250 g/mol. The van der Waals surface area contributed by atoms with Crippen LogP contribution in [0.4, 0.5) is 5.69 Å². The monoisotopic (exact) mass is 250 g/mol. The Hall–Kier alpha value is -1.55. The third-order valence-corrected chi connectivity index (χ3v) is 3.53. The predicted octanol–water partition coefficient (Wildman–Crippen LogP) is 2.40. The van der Waals surface area contributed by atoms with Gasteiger partial charge in [0.25, 0.3) is 0 Å². The first-order valence-electron chi connectivity index (χ1n) is 5.93. The standard InChI is InChI=1S/C14H22N2O2/c1-13(2,14(3,4)15)12(17)16-10-6-8-11(18-5)9-7-10/h6-9H,15H2,1-5H3,(H,16,17). The molecule has 0 aliphatic heterocycles. The number of hydrogen-bond donors (Lipinski definition) is 2. The van der Waals surface area contributed by atoms with E-state index < -0.39 is 11.0 Å². The van der Waals surface area contributed by atoms with Crippen molar-refractivity contribution in [3.63, 3.8) is 0 Å². The molecule has 0 saturated carbocycles. The molecule has 0 aromatic heterocycles. The van der Waals surface area contributed by atoms with Gasteiger partial charge >= 0.3 is 0 Å². The molecule has 0 aliphatic rings. The Morgan fingerprint density at radius 2 is 1.67 bits per heavy atom. The summed E-state index contributed by atoms with van der Waals surface area (Å²) in [5.74, 6) is 0.659. The topological polar surface area (TPSA) is 64.3 Å². The van der Waals surface area contributed by atoms with E-state index in [0.717, 1.165) is 11.4 Å². The van der Waals surface area contributed by atoms with Crippen LogP contribution in [0.1, 0.15) is 27.7 Å². The second-order valence-electron chi connectivity index (χ2n) is 5.53. The van der Waals surface area contributed by atoms with Crippen LogP contribution in [0.2, 0.25) is 0 Å². The number of nitrogens with one attached hydrogen (secondary N) is 1. The third-order valence-electron chi connectivity index (χ3n) is 3.53. The SMILES string of the molecule is COc1ccc(NC(=O)C(C)(C)C(C)(C)N)cc1. The second-order valence-corrected chi connectivity index (χ2v) is 5.53. The van der Waals surface area contributed by atoms with Gasteiger partial charge in [-0.1, -0.05) is 0 Å². The Bertz CT molecular complexity index is 416. The van der Waals surface area contributed by atoms with Crippen LogP contribution in [-0.2, 0) is 4.79 Å². The first-order chi connectivity index (χ1) is 8.18. The Morgan fingerprint density at radius 3 is 2.06 bits per heavy atom. The Morgan fingerprint density at radius 1 is 1.17 bits per heavy atom. The Labute approximate surface area is 109 Å². The lowest BCUT2D eigenvalue weighted by molar-refractivity contribution is -0.126. The molecule has 0 fully saturated rings. The maximum absolute atomic E-state index is 12.2. The summed E-state index contributed by atoms with van der Waals surface area (Å²) in [5.41, 5.74) is 5.51. The van der Waals surface area contributed by atoms with Gasteiger partial charge in [-0.05, 0) is 52.0 Å². The highest BCUT2D eigenvalue weighted by Gasteiger charge is 2.40. The van der Waals surface area contributed by atoms with Gasteiger partial charge in [0.15, 0.2) is 0 Å². The van der Waals surface area contributed by atoms with E-state index in [-0.39, 0.29) is 5.91 Å². The van der Waals surface area contributed by atoms with Crippen molar-refractivity contribution in [2.24, 2.45) is 11.1 Å². The summed E-state index contributed by atoms with van der Waals surface area (Å²) in [6.07, 6.45) is 0. The Kier molecular flexibility index (Phi) is 4.02. The molecular formula is C14H22N2O2. The molecule has 0 aliphatic carbocycles. The van der Waals surface area contributed by atoms with Crippen molar-refractivity contribution >= 4 is 11.6 Å². The molecule has 100 valence electrons. The predicted molar refractivity (Wildman–Crippen MR) is 73.7 cm³/mol. The molecule has 0 radical (unpaired) electrons. The molecule has 4 nitrogen and oxygen atoms in total. The third kappa shape index (κ3) is 3.01. The summed E-state index contributed by atoms with van der Waals surface area (Å²) < 4.78 is 5.06. The fraction of sp³-hybridized carbons (Fsp3) is 0.500. The van der Waals surface area contributed by atoms with E-state index in [9.17, 15) is 4.79 Å². The zero-order chi connectivity index (χ0) is 14.0. The molecule has 3 N–H and O–H groups in total. The van der Waals surface area contributed by atoms with Gasteiger partial charge < -0.3 is 15.8 Å². The van der Waals surface area contributed by atoms with Gasteiger partial charge in [0, 0.05) is 11.2 Å². The minimum atomic E-state index is -0.660. The minimum absolute atomic E-state index is 0.0971. The highest BCUT2D eigenvalue weighted by atomic mass is 16.5. The maximum Gasteiger partial charge on any atom is 0.231 e. The van der Waals surface area contributed by atoms with Gasteiger partial charge in [0.1, 0.15) is 5.75 Å². The molecule has 0 atom stereocenters. The second kappa shape index (κ2) is 4.98. The molecule has 4 heteroatoms. The van der Waals surface area contributed by atoms with Gasteiger partial charge in [-0.15, -0.1) is 0 Å². The number of anilines is 1. The number of hydrogen-bond acceptors (Lipinski definition) is 3. The molecule has 1 amide bonds. The van der Waals surface area contributed by atoms with Crippen LogP contribution in [0.15, 0.2) is 24.3 Å². The Balaban J connectivity index is 2.81. The molecule has 0 unspecified atom stereocenters. The van der Waals surface area contributed by atoms with E-state index in [4.69, 9.17) is 10.5 Å². The molecular weight excluding hydrogens is 228 g/mol. The van der Waals surface area contributed by atoms with Crippen LogP contribution in [-0.4, -0.2) is 18.6 Å². The van der Waals surface area contributed by atoms with Crippen molar-refractivity contribution in [2.45, 2.75) is 33.2 Å². The highest BCUT2D eigenvalue weighted by Crippen LogP contribution is 2.30. The first-order valence-corrected chi connectivity index (χ1v) is 5.93. The van der Waals surface area contributed by atoms with Crippen molar-refractivity contribution in [1.29, 1.82) is 0 Å². The van der Waals surface area contributed by atoms with Gasteiger partial charge in [0.2, 0.25) is 5.91 Å². The van der Waals surface area contributed by atoms with Crippen molar-refractivity contribution in [3.05, 3.63) is 24.3 Å². The molecule has 0 heterocycles. The number of rotatable bonds is 4. The number of benzene rings is 1. The summed E-state index contributed by atoms with van der Waals surface area (Å²) in [5, 5.41) is 2.87. The lowest BCUT2D eigenvalue weighted by Gasteiger charge is -2.36. The number of methoxy groups -OCH3 is 1. The average Bonchev–Trinajstić information content (AvgIpc) is 2.28. The number of amides is 1. The molecule has 0 saturated heterocycles. The largest absolute Gasteiger partial charge is 0.497 e. The molecule has 1 aromatic rings. The van der Waals surface area contributed by atoms with Crippen LogP contribution in [0, 0.1) is 5.41 Å².